The molecule has 0 aliphatic rings. The van der Waals surface area contributed by atoms with Crippen molar-refractivity contribution in [2.75, 3.05) is 6.54 Å². The fourth-order valence-corrected chi connectivity index (χ4v) is 2.81. The number of nitrogens with zero attached hydrogens (tertiary/aromatic N) is 3. The second kappa shape index (κ2) is 9.11. The number of fused-ring (bicyclic) bond motifs is 1. The predicted molar refractivity (Wildman–Crippen MR) is 101 cm³/mol. The number of benzene rings is 1. The SMILES string of the molecule is O.O=C(O)CCCNC(=O)Cn1c(-c2cccc(Cl)c2)nc2cccnc21. The fraction of sp³-hybridized carbons (Fsp3) is 0.222. The van der Waals surface area contributed by atoms with Crippen molar-refractivity contribution in [3.8, 4) is 11.4 Å². The summed E-state index contributed by atoms with van der Waals surface area (Å²) in [5, 5.41) is 11.9. The van der Waals surface area contributed by atoms with Crippen LogP contribution in [0.5, 0.6) is 0 Å². The number of carbonyl (C=O) groups is 2. The smallest absolute Gasteiger partial charge is 0.303 e. The lowest BCUT2D eigenvalue weighted by Crippen LogP contribution is -2.29. The normalized spacial score (nSPS) is 10.4. The van der Waals surface area contributed by atoms with Crippen molar-refractivity contribution in [1.29, 1.82) is 0 Å². The van der Waals surface area contributed by atoms with E-state index in [1.807, 2.05) is 18.2 Å². The van der Waals surface area contributed by atoms with E-state index in [-0.39, 0.29) is 24.3 Å². The molecule has 0 saturated heterocycles. The molecular formula is C18H19ClN4O4. The Morgan fingerprint density at radius 2 is 2.04 bits per heavy atom. The summed E-state index contributed by atoms with van der Waals surface area (Å²) in [5.74, 6) is -0.516. The van der Waals surface area contributed by atoms with Crippen LogP contribution in [0.4, 0.5) is 0 Å². The van der Waals surface area contributed by atoms with Crippen molar-refractivity contribution in [3.05, 3.63) is 47.6 Å². The first-order valence-corrected chi connectivity index (χ1v) is 8.48. The number of carboxylic acid groups (broad SMARTS) is 1. The van der Waals surface area contributed by atoms with Gasteiger partial charge in [0.2, 0.25) is 5.91 Å². The van der Waals surface area contributed by atoms with E-state index >= 15 is 0 Å². The van der Waals surface area contributed by atoms with Crippen molar-refractivity contribution >= 4 is 34.6 Å². The van der Waals surface area contributed by atoms with Gasteiger partial charge in [0.1, 0.15) is 17.9 Å². The number of aliphatic carboxylic acids is 1. The number of nitrogens with one attached hydrogen (secondary N) is 1. The third-order valence-corrected chi connectivity index (χ3v) is 4.01. The Hall–Kier alpha value is -2.97. The van der Waals surface area contributed by atoms with Gasteiger partial charge in [-0.2, -0.15) is 0 Å². The maximum atomic E-state index is 12.3. The molecule has 3 aromatic rings. The minimum absolute atomic E-state index is 0. The number of carbonyl (C=O) groups excluding carboxylic acids is 1. The van der Waals surface area contributed by atoms with Crippen LogP contribution in [0.3, 0.4) is 0 Å². The summed E-state index contributed by atoms with van der Waals surface area (Å²) in [6.07, 6.45) is 2.04. The Morgan fingerprint density at radius 1 is 1.22 bits per heavy atom. The Morgan fingerprint density at radius 3 is 2.78 bits per heavy atom. The summed E-state index contributed by atoms with van der Waals surface area (Å²) in [7, 11) is 0. The van der Waals surface area contributed by atoms with E-state index in [1.165, 1.54) is 0 Å². The largest absolute Gasteiger partial charge is 0.481 e. The van der Waals surface area contributed by atoms with Gasteiger partial charge in [-0.3, -0.25) is 14.2 Å². The minimum Gasteiger partial charge on any atom is -0.481 e. The molecule has 0 atom stereocenters. The number of amides is 1. The van der Waals surface area contributed by atoms with E-state index in [1.54, 1.807) is 29.0 Å². The number of rotatable bonds is 7. The molecule has 142 valence electrons. The Bertz CT molecular complexity index is 957. The molecule has 9 heteroatoms. The van der Waals surface area contributed by atoms with Crippen LogP contribution in [0, 0.1) is 0 Å². The zero-order valence-corrected chi connectivity index (χ0v) is 15.1. The van der Waals surface area contributed by atoms with Crippen molar-refractivity contribution in [3.63, 3.8) is 0 Å². The van der Waals surface area contributed by atoms with Gasteiger partial charge in [-0.1, -0.05) is 23.7 Å². The molecule has 2 aromatic heterocycles. The number of halogens is 1. The first-order chi connectivity index (χ1) is 12.5. The third-order valence-electron chi connectivity index (χ3n) is 3.78. The second-order valence-corrected chi connectivity index (χ2v) is 6.16. The molecule has 0 aliphatic heterocycles. The van der Waals surface area contributed by atoms with Crippen molar-refractivity contribution in [2.45, 2.75) is 19.4 Å². The predicted octanol–water partition coefficient (Wildman–Crippen LogP) is 1.91. The first kappa shape index (κ1) is 20.3. The van der Waals surface area contributed by atoms with Crippen LogP contribution in [0.2, 0.25) is 5.02 Å². The highest BCUT2D eigenvalue weighted by Crippen LogP contribution is 2.25. The monoisotopic (exact) mass is 390 g/mol. The maximum absolute atomic E-state index is 12.3. The molecule has 0 aliphatic carbocycles. The lowest BCUT2D eigenvalue weighted by molar-refractivity contribution is -0.137. The van der Waals surface area contributed by atoms with E-state index < -0.39 is 5.97 Å². The molecule has 0 saturated carbocycles. The van der Waals surface area contributed by atoms with E-state index in [2.05, 4.69) is 15.3 Å². The van der Waals surface area contributed by atoms with Gasteiger partial charge in [0.15, 0.2) is 5.65 Å². The number of aromatic nitrogens is 3. The standard InChI is InChI=1S/C18H17ClN4O3.H2O/c19-13-5-1-4-12(10-13)17-22-14-6-2-9-21-18(14)23(17)11-15(24)20-8-3-7-16(25)26;/h1-2,4-6,9-10H,3,7-8,11H2,(H,20,24)(H,25,26);1H2. The molecule has 1 aromatic carbocycles. The van der Waals surface area contributed by atoms with Gasteiger partial charge in [0, 0.05) is 29.7 Å². The van der Waals surface area contributed by atoms with Crippen LogP contribution >= 0.6 is 11.6 Å². The molecule has 27 heavy (non-hydrogen) atoms. The van der Waals surface area contributed by atoms with Crippen LogP contribution in [-0.4, -0.2) is 43.5 Å². The molecule has 0 spiro atoms. The average molecular weight is 391 g/mol. The molecule has 0 radical (unpaired) electrons. The highest BCUT2D eigenvalue weighted by Gasteiger charge is 2.16. The molecular weight excluding hydrogens is 372 g/mol. The molecule has 8 nitrogen and oxygen atoms in total. The van der Waals surface area contributed by atoms with E-state index in [0.29, 0.717) is 35.0 Å². The van der Waals surface area contributed by atoms with Gasteiger partial charge in [-0.25, -0.2) is 9.97 Å². The molecule has 0 unspecified atom stereocenters. The molecule has 4 N–H and O–H groups in total. The van der Waals surface area contributed by atoms with Gasteiger partial charge in [0.25, 0.3) is 0 Å². The van der Waals surface area contributed by atoms with Crippen molar-refractivity contribution < 1.29 is 20.2 Å². The van der Waals surface area contributed by atoms with Crippen molar-refractivity contribution in [1.82, 2.24) is 19.9 Å². The second-order valence-electron chi connectivity index (χ2n) is 5.73. The number of imidazole rings is 1. The Labute approximate surface area is 160 Å². The first-order valence-electron chi connectivity index (χ1n) is 8.10. The topological polar surface area (TPSA) is 129 Å². The highest BCUT2D eigenvalue weighted by molar-refractivity contribution is 6.30. The van der Waals surface area contributed by atoms with E-state index in [0.717, 1.165) is 5.56 Å². The van der Waals surface area contributed by atoms with Crippen LogP contribution < -0.4 is 5.32 Å². The van der Waals surface area contributed by atoms with Crippen molar-refractivity contribution in [2.24, 2.45) is 0 Å². The lowest BCUT2D eigenvalue weighted by atomic mass is 10.2. The minimum atomic E-state index is -0.882. The molecule has 0 bridgehead atoms. The molecule has 0 fully saturated rings. The van der Waals surface area contributed by atoms with Gasteiger partial charge in [0.05, 0.1) is 0 Å². The van der Waals surface area contributed by atoms with E-state index in [9.17, 15) is 9.59 Å². The number of hydrogen-bond acceptors (Lipinski definition) is 4. The Balaban J connectivity index is 0.00000261. The molecule has 1 amide bonds. The number of hydrogen-bond donors (Lipinski definition) is 2. The van der Waals surface area contributed by atoms with Gasteiger partial charge >= 0.3 is 5.97 Å². The third kappa shape index (κ3) is 5.02. The van der Waals surface area contributed by atoms with Gasteiger partial charge < -0.3 is 15.9 Å². The average Bonchev–Trinajstić information content (AvgIpc) is 2.97. The summed E-state index contributed by atoms with van der Waals surface area (Å²) in [4.78, 5) is 31.7. The maximum Gasteiger partial charge on any atom is 0.303 e. The summed E-state index contributed by atoms with van der Waals surface area (Å²) in [6.45, 7) is 0.333. The highest BCUT2D eigenvalue weighted by atomic mass is 35.5. The van der Waals surface area contributed by atoms with Gasteiger partial charge in [-0.05, 0) is 30.7 Å². The van der Waals surface area contributed by atoms with Crippen LogP contribution in [-0.2, 0) is 16.1 Å². The number of carboxylic acids is 1. The number of pyridine rings is 1. The van der Waals surface area contributed by atoms with Gasteiger partial charge in [-0.15, -0.1) is 0 Å². The zero-order valence-electron chi connectivity index (χ0n) is 14.4. The Kier molecular flexibility index (Phi) is 6.86. The van der Waals surface area contributed by atoms with Crippen LogP contribution in [0.15, 0.2) is 42.6 Å². The van der Waals surface area contributed by atoms with Crippen LogP contribution in [0.1, 0.15) is 12.8 Å². The summed E-state index contributed by atoms with van der Waals surface area (Å²) >= 11 is 6.08. The van der Waals surface area contributed by atoms with E-state index in [4.69, 9.17) is 16.7 Å². The fourth-order valence-electron chi connectivity index (χ4n) is 2.62. The summed E-state index contributed by atoms with van der Waals surface area (Å²) in [6, 6.07) is 10.9. The quantitative estimate of drug-likeness (QED) is 0.595. The molecule has 3 rings (SSSR count). The lowest BCUT2D eigenvalue weighted by Gasteiger charge is -2.09. The molecule has 2 heterocycles. The zero-order chi connectivity index (χ0) is 18.5. The van der Waals surface area contributed by atoms with Crippen LogP contribution in [0.25, 0.3) is 22.6 Å². The summed E-state index contributed by atoms with van der Waals surface area (Å²) in [5.41, 5.74) is 2.07. The summed E-state index contributed by atoms with van der Waals surface area (Å²) < 4.78 is 1.73.